The number of nitriles is 1. The Morgan fingerprint density at radius 3 is 2.68 bits per heavy atom. The normalized spacial score (nSPS) is 19.2. The van der Waals surface area contributed by atoms with E-state index < -0.39 is 5.97 Å². The third-order valence-electron chi connectivity index (χ3n) is 6.17. The van der Waals surface area contributed by atoms with Gasteiger partial charge in [0.1, 0.15) is 17.9 Å². The first-order chi connectivity index (χ1) is 15.0. The van der Waals surface area contributed by atoms with Crippen LogP contribution in [0.2, 0.25) is 5.02 Å². The number of benzene rings is 2. The Morgan fingerprint density at radius 1 is 1.29 bits per heavy atom. The summed E-state index contributed by atoms with van der Waals surface area (Å²) in [5.74, 6) is 0.114. The number of carbonyl (C=O) groups is 1. The summed E-state index contributed by atoms with van der Waals surface area (Å²) in [4.78, 5) is 12.3. The second-order valence-corrected chi connectivity index (χ2v) is 9.87. The van der Waals surface area contributed by atoms with Crippen molar-refractivity contribution in [3.8, 4) is 11.8 Å². The van der Waals surface area contributed by atoms with Crippen molar-refractivity contribution in [2.75, 3.05) is 17.9 Å². The zero-order chi connectivity index (χ0) is 21.6. The summed E-state index contributed by atoms with van der Waals surface area (Å²) in [6.45, 7) is 1.59. The fourth-order valence-corrected chi connectivity index (χ4v) is 5.32. The van der Waals surface area contributed by atoms with E-state index in [1.54, 1.807) is 24.3 Å². The van der Waals surface area contributed by atoms with Crippen LogP contribution in [-0.4, -0.2) is 30.4 Å². The molecule has 2 aromatic rings. The van der Waals surface area contributed by atoms with Crippen LogP contribution in [0.25, 0.3) is 0 Å². The third kappa shape index (κ3) is 4.08. The van der Waals surface area contributed by atoms with Gasteiger partial charge in [-0.25, -0.2) is 4.79 Å². The number of ether oxygens (including phenoxy) is 2. The molecule has 0 aromatic heterocycles. The number of nitrogens with zero attached hydrogens (tertiary/aromatic N) is 1. The highest BCUT2D eigenvalue weighted by molar-refractivity contribution is 8.00. The number of carboxylic acids is 1. The molecule has 3 fully saturated rings. The van der Waals surface area contributed by atoms with Crippen molar-refractivity contribution in [1.82, 2.24) is 0 Å². The van der Waals surface area contributed by atoms with E-state index in [9.17, 15) is 15.2 Å². The molecule has 2 N–H and O–H groups in total. The number of hydrogen-bond donors (Lipinski definition) is 2. The van der Waals surface area contributed by atoms with Crippen molar-refractivity contribution in [3.63, 3.8) is 0 Å². The summed E-state index contributed by atoms with van der Waals surface area (Å²) in [6, 6.07) is 10.7. The monoisotopic (exact) mass is 456 g/mol. The average molecular weight is 457 g/mol. The first-order valence-corrected chi connectivity index (χ1v) is 11.4. The summed E-state index contributed by atoms with van der Waals surface area (Å²) < 4.78 is 14.8. The molecule has 1 heterocycles. The molecule has 6 nitrogen and oxygen atoms in total. The largest absolute Gasteiger partial charge is 0.488 e. The summed E-state index contributed by atoms with van der Waals surface area (Å²) in [6.07, 6.45) is 4.21. The Hall–Kier alpha value is -2.40. The van der Waals surface area contributed by atoms with Crippen LogP contribution in [0.15, 0.2) is 35.2 Å². The van der Waals surface area contributed by atoms with Crippen LogP contribution in [0.4, 0.5) is 5.69 Å². The molecule has 1 spiro atoms. The third-order valence-corrected chi connectivity index (χ3v) is 7.38. The number of rotatable bonds is 7. The Bertz CT molecular complexity index is 1080. The van der Waals surface area contributed by atoms with Gasteiger partial charge in [0.2, 0.25) is 0 Å². The highest BCUT2D eigenvalue weighted by atomic mass is 35.5. The highest BCUT2D eigenvalue weighted by Gasteiger charge is 2.51. The first-order valence-electron chi connectivity index (χ1n) is 10.2. The van der Waals surface area contributed by atoms with Crippen molar-refractivity contribution in [1.29, 1.82) is 5.26 Å². The lowest BCUT2D eigenvalue weighted by molar-refractivity contribution is -0.191. The van der Waals surface area contributed by atoms with Gasteiger partial charge in [-0.3, -0.25) is 0 Å². The number of anilines is 1. The number of halogens is 1. The summed E-state index contributed by atoms with van der Waals surface area (Å²) in [5, 5.41) is 19.1. The molecule has 5 rings (SSSR count). The van der Waals surface area contributed by atoms with Crippen LogP contribution in [0.3, 0.4) is 0 Å². The Balaban J connectivity index is 1.37. The fourth-order valence-electron chi connectivity index (χ4n) is 4.21. The van der Waals surface area contributed by atoms with Crippen LogP contribution in [-0.2, 0) is 4.74 Å². The molecule has 2 aromatic carbocycles. The van der Waals surface area contributed by atoms with Crippen LogP contribution >= 0.6 is 23.5 Å². The standard InChI is InChI=1S/C23H21ClN2O4S/c24-18-7-20(30-16-8-23(9-16)11-29-12-23)19(5-15(18)10-25)26-31-21-6-14(22(27)28)3-4-17(21)13-1-2-13/h3-7,13,16,26H,1-2,8-9,11-12H2,(H,27,28). The predicted octanol–water partition coefficient (Wildman–Crippen LogP) is 5.46. The quantitative estimate of drug-likeness (QED) is 0.534. The number of hydrogen-bond acceptors (Lipinski definition) is 6. The SMILES string of the molecule is N#Cc1cc(NSc2cc(C(=O)O)ccc2C2CC2)c(OC2CC3(COC3)C2)cc1Cl. The van der Waals surface area contributed by atoms with Gasteiger partial charge in [-0.2, -0.15) is 5.26 Å². The van der Waals surface area contributed by atoms with Gasteiger partial charge in [0.25, 0.3) is 0 Å². The van der Waals surface area contributed by atoms with Gasteiger partial charge in [-0.15, -0.1) is 0 Å². The van der Waals surface area contributed by atoms with Crippen molar-refractivity contribution in [3.05, 3.63) is 52.0 Å². The first kappa shape index (κ1) is 20.5. The Kier molecular flexibility index (Phi) is 5.25. The molecule has 0 radical (unpaired) electrons. The van der Waals surface area contributed by atoms with E-state index in [1.165, 1.54) is 11.9 Å². The fraction of sp³-hybridized carbons (Fsp3) is 0.391. The lowest BCUT2D eigenvalue weighted by Gasteiger charge is -2.52. The average Bonchev–Trinajstić information content (AvgIpc) is 3.53. The van der Waals surface area contributed by atoms with Crippen LogP contribution in [0, 0.1) is 16.7 Å². The second-order valence-electron chi connectivity index (χ2n) is 8.62. The van der Waals surface area contributed by atoms with E-state index in [4.69, 9.17) is 21.1 Å². The van der Waals surface area contributed by atoms with Gasteiger partial charge in [0.15, 0.2) is 0 Å². The molecule has 2 aliphatic carbocycles. The number of carboxylic acid groups (broad SMARTS) is 1. The number of aromatic carboxylic acids is 1. The van der Waals surface area contributed by atoms with Gasteiger partial charge < -0.3 is 19.3 Å². The van der Waals surface area contributed by atoms with Crippen molar-refractivity contribution in [2.24, 2.45) is 5.41 Å². The van der Waals surface area contributed by atoms with Crippen LogP contribution in [0.5, 0.6) is 5.75 Å². The van der Waals surface area contributed by atoms with Gasteiger partial charge in [-0.05, 0) is 67.3 Å². The van der Waals surface area contributed by atoms with E-state index in [1.807, 2.05) is 6.07 Å². The summed E-state index contributed by atoms with van der Waals surface area (Å²) in [7, 11) is 0. The molecule has 0 amide bonds. The minimum atomic E-state index is -0.953. The summed E-state index contributed by atoms with van der Waals surface area (Å²) >= 11 is 7.61. The van der Waals surface area contributed by atoms with Crippen LogP contribution < -0.4 is 9.46 Å². The molecular formula is C23H21ClN2O4S. The van der Waals surface area contributed by atoms with E-state index >= 15 is 0 Å². The van der Waals surface area contributed by atoms with Gasteiger partial charge in [0.05, 0.1) is 35.1 Å². The van der Waals surface area contributed by atoms with E-state index in [-0.39, 0.29) is 17.1 Å². The Labute approximate surface area is 189 Å². The molecule has 8 heteroatoms. The maximum absolute atomic E-state index is 11.4. The lowest BCUT2D eigenvalue weighted by Crippen LogP contribution is -2.56. The predicted molar refractivity (Wildman–Crippen MR) is 118 cm³/mol. The number of nitrogens with one attached hydrogen (secondary N) is 1. The molecule has 2 saturated carbocycles. The van der Waals surface area contributed by atoms with Crippen molar-refractivity contribution < 1.29 is 19.4 Å². The maximum Gasteiger partial charge on any atom is 0.335 e. The molecule has 3 aliphatic rings. The zero-order valence-corrected chi connectivity index (χ0v) is 18.3. The van der Waals surface area contributed by atoms with Gasteiger partial charge in [-0.1, -0.05) is 17.7 Å². The second kappa shape index (κ2) is 7.94. The van der Waals surface area contributed by atoms with E-state index in [0.29, 0.717) is 27.9 Å². The van der Waals surface area contributed by atoms with E-state index in [2.05, 4.69) is 10.8 Å². The lowest BCUT2D eigenvalue weighted by atomic mass is 9.65. The molecule has 0 unspecified atom stereocenters. The molecular weight excluding hydrogens is 436 g/mol. The van der Waals surface area contributed by atoms with Crippen molar-refractivity contribution in [2.45, 2.75) is 42.6 Å². The molecule has 1 aliphatic heterocycles. The molecule has 0 bridgehead atoms. The minimum absolute atomic E-state index is 0.0933. The maximum atomic E-state index is 11.4. The molecule has 160 valence electrons. The van der Waals surface area contributed by atoms with Gasteiger partial charge >= 0.3 is 5.97 Å². The molecule has 0 atom stereocenters. The Morgan fingerprint density at radius 2 is 2.06 bits per heavy atom. The zero-order valence-electron chi connectivity index (χ0n) is 16.7. The van der Waals surface area contributed by atoms with E-state index in [0.717, 1.165) is 49.4 Å². The minimum Gasteiger partial charge on any atom is -0.488 e. The van der Waals surface area contributed by atoms with Crippen LogP contribution in [0.1, 0.15) is 53.1 Å². The smallest absolute Gasteiger partial charge is 0.335 e. The van der Waals surface area contributed by atoms with Gasteiger partial charge in [0, 0.05) is 16.4 Å². The summed E-state index contributed by atoms with van der Waals surface area (Å²) in [5.41, 5.74) is 2.68. The molecule has 31 heavy (non-hydrogen) atoms. The topological polar surface area (TPSA) is 91.6 Å². The highest BCUT2D eigenvalue weighted by Crippen LogP contribution is 2.50. The van der Waals surface area contributed by atoms with Crippen molar-refractivity contribution >= 4 is 35.2 Å². The molecule has 1 saturated heterocycles.